The van der Waals surface area contributed by atoms with Crippen molar-refractivity contribution < 1.29 is 9.53 Å². The summed E-state index contributed by atoms with van der Waals surface area (Å²) in [6.45, 7) is 3.03. The molecule has 1 atom stereocenters. The molecule has 3 heteroatoms. The minimum atomic E-state index is 0.140. The smallest absolute Gasteiger partial charge is 0.254 e. The van der Waals surface area contributed by atoms with E-state index in [0.29, 0.717) is 6.04 Å². The second-order valence-electron chi connectivity index (χ2n) is 6.34. The van der Waals surface area contributed by atoms with Crippen LogP contribution in [0.4, 0.5) is 0 Å². The number of rotatable bonds is 4. The van der Waals surface area contributed by atoms with E-state index in [1.165, 1.54) is 6.42 Å². The summed E-state index contributed by atoms with van der Waals surface area (Å²) in [6, 6.07) is 16.2. The Balaban J connectivity index is 1.95. The van der Waals surface area contributed by atoms with Gasteiger partial charge in [0.25, 0.3) is 5.91 Å². The number of piperidine rings is 1. The maximum Gasteiger partial charge on any atom is 0.254 e. The van der Waals surface area contributed by atoms with Gasteiger partial charge < -0.3 is 9.64 Å². The number of nitrogens with zero attached hydrogens (tertiary/aromatic N) is 1. The highest BCUT2D eigenvalue weighted by Gasteiger charge is 2.26. The van der Waals surface area contributed by atoms with Crippen LogP contribution in [0.1, 0.15) is 43.0 Å². The summed E-state index contributed by atoms with van der Waals surface area (Å²) >= 11 is 0. The van der Waals surface area contributed by atoms with Gasteiger partial charge in [0.1, 0.15) is 5.75 Å². The number of carbonyl (C=O) groups is 1. The van der Waals surface area contributed by atoms with E-state index in [4.69, 9.17) is 4.74 Å². The first-order valence-electron chi connectivity index (χ1n) is 8.79. The molecule has 3 nitrogen and oxygen atoms in total. The van der Waals surface area contributed by atoms with E-state index >= 15 is 0 Å². The number of hydrogen-bond donors (Lipinski definition) is 0. The standard InChI is InChI=1S/C21H25NO2/c1-3-18-11-7-8-14-22(18)21(23)17-12-13-20(24-2)19(15-17)16-9-5-4-6-10-16/h4-6,9-10,12-13,15,18H,3,7-8,11,14H2,1-2H3/t18-/m1/s1. The average molecular weight is 323 g/mol. The van der Waals surface area contributed by atoms with Crippen molar-refractivity contribution in [2.75, 3.05) is 13.7 Å². The molecule has 1 amide bonds. The highest BCUT2D eigenvalue weighted by atomic mass is 16.5. The number of hydrogen-bond acceptors (Lipinski definition) is 2. The number of methoxy groups -OCH3 is 1. The molecule has 126 valence electrons. The van der Waals surface area contributed by atoms with Gasteiger partial charge in [-0.05, 0) is 49.4 Å². The van der Waals surface area contributed by atoms with Crippen molar-refractivity contribution in [3.8, 4) is 16.9 Å². The van der Waals surface area contributed by atoms with E-state index < -0.39 is 0 Å². The molecule has 1 heterocycles. The Kier molecular flexibility index (Phi) is 5.19. The highest BCUT2D eigenvalue weighted by molar-refractivity contribution is 5.96. The molecule has 0 saturated carbocycles. The average Bonchev–Trinajstić information content (AvgIpc) is 2.67. The fraction of sp³-hybridized carbons (Fsp3) is 0.381. The summed E-state index contributed by atoms with van der Waals surface area (Å²) in [5.74, 6) is 0.935. The first-order valence-corrected chi connectivity index (χ1v) is 8.79. The van der Waals surface area contributed by atoms with E-state index in [-0.39, 0.29) is 5.91 Å². The Hall–Kier alpha value is -2.29. The number of ether oxygens (including phenoxy) is 1. The quantitative estimate of drug-likeness (QED) is 0.811. The lowest BCUT2D eigenvalue weighted by Gasteiger charge is -2.35. The molecule has 1 aliphatic heterocycles. The van der Waals surface area contributed by atoms with Crippen LogP contribution in [0.2, 0.25) is 0 Å². The molecule has 0 spiro atoms. The van der Waals surface area contributed by atoms with Crippen molar-refractivity contribution in [1.82, 2.24) is 4.90 Å². The Labute approximate surface area is 144 Å². The zero-order valence-electron chi connectivity index (χ0n) is 14.5. The van der Waals surface area contributed by atoms with Gasteiger partial charge in [0.2, 0.25) is 0 Å². The molecule has 2 aromatic rings. The van der Waals surface area contributed by atoms with Crippen LogP contribution in [0.15, 0.2) is 48.5 Å². The molecular weight excluding hydrogens is 298 g/mol. The second kappa shape index (κ2) is 7.52. The van der Waals surface area contributed by atoms with E-state index in [1.807, 2.05) is 48.5 Å². The Morgan fingerprint density at radius 2 is 1.96 bits per heavy atom. The van der Waals surface area contributed by atoms with E-state index in [9.17, 15) is 4.79 Å². The number of carbonyl (C=O) groups excluding carboxylic acids is 1. The van der Waals surface area contributed by atoms with Gasteiger partial charge in [-0.2, -0.15) is 0 Å². The lowest BCUT2D eigenvalue weighted by Crippen LogP contribution is -2.43. The first kappa shape index (κ1) is 16.6. The van der Waals surface area contributed by atoms with E-state index in [0.717, 1.165) is 48.2 Å². The lowest BCUT2D eigenvalue weighted by molar-refractivity contribution is 0.0608. The molecule has 1 fully saturated rings. The van der Waals surface area contributed by atoms with Crippen LogP contribution in [-0.4, -0.2) is 30.5 Å². The van der Waals surface area contributed by atoms with Crippen molar-refractivity contribution in [2.24, 2.45) is 0 Å². The lowest BCUT2D eigenvalue weighted by atomic mass is 9.97. The van der Waals surface area contributed by atoms with Gasteiger partial charge in [-0.15, -0.1) is 0 Å². The minimum Gasteiger partial charge on any atom is -0.496 e. The number of benzene rings is 2. The zero-order chi connectivity index (χ0) is 16.9. The molecule has 1 saturated heterocycles. The summed E-state index contributed by atoms with van der Waals surface area (Å²) in [6.07, 6.45) is 4.46. The summed E-state index contributed by atoms with van der Waals surface area (Å²) in [5, 5.41) is 0. The van der Waals surface area contributed by atoms with Gasteiger partial charge in [0, 0.05) is 23.7 Å². The second-order valence-corrected chi connectivity index (χ2v) is 6.34. The fourth-order valence-electron chi connectivity index (χ4n) is 3.54. The zero-order valence-corrected chi connectivity index (χ0v) is 14.5. The Morgan fingerprint density at radius 1 is 1.17 bits per heavy atom. The van der Waals surface area contributed by atoms with Crippen molar-refractivity contribution in [2.45, 2.75) is 38.6 Å². The maximum absolute atomic E-state index is 13.0. The van der Waals surface area contributed by atoms with Gasteiger partial charge >= 0.3 is 0 Å². The molecule has 0 aliphatic carbocycles. The molecule has 0 bridgehead atoms. The third-order valence-corrected chi connectivity index (χ3v) is 4.89. The molecule has 24 heavy (non-hydrogen) atoms. The predicted molar refractivity (Wildman–Crippen MR) is 97.4 cm³/mol. The van der Waals surface area contributed by atoms with Crippen molar-refractivity contribution >= 4 is 5.91 Å². The Morgan fingerprint density at radius 3 is 2.67 bits per heavy atom. The summed E-state index contributed by atoms with van der Waals surface area (Å²) in [4.78, 5) is 15.1. The van der Waals surface area contributed by atoms with Crippen LogP contribution < -0.4 is 4.74 Å². The van der Waals surface area contributed by atoms with Crippen LogP contribution in [0, 0.1) is 0 Å². The third-order valence-electron chi connectivity index (χ3n) is 4.89. The van der Waals surface area contributed by atoms with Crippen LogP contribution in [-0.2, 0) is 0 Å². The molecular formula is C21H25NO2. The summed E-state index contributed by atoms with van der Waals surface area (Å²) in [7, 11) is 1.67. The number of likely N-dealkylation sites (tertiary alicyclic amines) is 1. The Bertz CT molecular complexity index is 696. The third kappa shape index (κ3) is 3.30. The minimum absolute atomic E-state index is 0.140. The molecule has 0 radical (unpaired) electrons. The molecule has 3 rings (SSSR count). The van der Waals surface area contributed by atoms with Crippen LogP contribution >= 0.6 is 0 Å². The van der Waals surface area contributed by atoms with Crippen molar-refractivity contribution in [1.29, 1.82) is 0 Å². The van der Waals surface area contributed by atoms with Crippen LogP contribution in [0.25, 0.3) is 11.1 Å². The summed E-state index contributed by atoms with van der Waals surface area (Å²) in [5.41, 5.74) is 2.78. The molecule has 0 unspecified atom stereocenters. The molecule has 1 aliphatic rings. The molecule has 2 aromatic carbocycles. The monoisotopic (exact) mass is 323 g/mol. The largest absolute Gasteiger partial charge is 0.496 e. The fourth-order valence-corrected chi connectivity index (χ4v) is 3.54. The van der Waals surface area contributed by atoms with Gasteiger partial charge in [-0.3, -0.25) is 4.79 Å². The molecule has 0 aromatic heterocycles. The van der Waals surface area contributed by atoms with Crippen molar-refractivity contribution in [3.05, 3.63) is 54.1 Å². The maximum atomic E-state index is 13.0. The van der Waals surface area contributed by atoms with Gasteiger partial charge in [-0.1, -0.05) is 37.3 Å². The van der Waals surface area contributed by atoms with E-state index in [1.54, 1.807) is 7.11 Å². The van der Waals surface area contributed by atoms with Gasteiger partial charge in [0.15, 0.2) is 0 Å². The van der Waals surface area contributed by atoms with Gasteiger partial charge in [0.05, 0.1) is 7.11 Å². The van der Waals surface area contributed by atoms with Crippen molar-refractivity contribution in [3.63, 3.8) is 0 Å². The predicted octanol–water partition coefficient (Wildman–Crippen LogP) is 4.77. The normalized spacial score (nSPS) is 17.6. The number of amides is 1. The van der Waals surface area contributed by atoms with E-state index in [2.05, 4.69) is 11.8 Å². The first-order chi connectivity index (χ1) is 11.7. The topological polar surface area (TPSA) is 29.5 Å². The van der Waals surface area contributed by atoms with Gasteiger partial charge in [-0.25, -0.2) is 0 Å². The summed E-state index contributed by atoms with van der Waals surface area (Å²) < 4.78 is 5.50. The highest BCUT2D eigenvalue weighted by Crippen LogP contribution is 2.32. The van der Waals surface area contributed by atoms with Crippen LogP contribution in [0.3, 0.4) is 0 Å². The molecule has 0 N–H and O–H groups in total. The SMILES string of the molecule is CC[C@@H]1CCCCN1C(=O)c1ccc(OC)c(-c2ccccc2)c1. The van der Waals surface area contributed by atoms with Crippen LogP contribution in [0.5, 0.6) is 5.75 Å².